The van der Waals surface area contributed by atoms with Crippen LogP contribution in [0.5, 0.6) is 0 Å². The van der Waals surface area contributed by atoms with Crippen molar-refractivity contribution in [3.63, 3.8) is 0 Å². The van der Waals surface area contributed by atoms with Gasteiger partial charge in [0, 0.05) is 5.56 Å². The second kappa shape index (κ2) is 4.52. The van der Waals surface area contributed by atoms with Gasteiger partial charge >= 0.3 is 0 Å². The molecule has 0 atom stereocenters. The summed E-state index contributed by atoms with van der Waals surface area (Å²) in [6, 6.07) is 5.61. The maximum Gasteiger partial charge on any atom is 0.116 e. The van der Waals surface area contributed by atoms with Crippen LogP contribution >= 0.6 is 23.2 Å². The highest BCUT2D eigenvalue weighted by Gasteiger charge is 2.22. The van der Waals surface area contributed by atoms with Gasteiger partial charge in [0.25, 0.3) is 0 Å². The maximum absolute atomic E-state index is 6.01. The molecule has 0 aliphatic carbocycles. The summed E-state index contributed by atoms with van der Waals surface area (Å²) in [6.45, 7) is 4.01. The zero-order valence-electron chi connectivity index (χ0n) is 7.57. The summed E-state index contributed by atoms with van der Waals surface area (Å²) >= 11 is 11.9. The van der Waals surface area contributed by atoms with E-state index < -0.39 is 0 Å². The number of benzene rings is 1. The lowest BCUT2D eigenvalue weighted by Gasteiger charge is -2.17. The van der Waals surface area contributed by atoms with Gasteiger partial charge in [0.05, 0.1) is 10.0 Å². The summed E-state index contributed by atoms with van der Waals surface area (Å²) in [4.78, 5) is 0. The molecule has 4 heteroatoms. The first-order valence-electron chi connectivity index (χ1n) is 3.73. The highest BCUT2D eigenvalue weighted by molar-refractivity contribution is 6.42. The molecule has 13 heavy (non-hydrogen) atoms. The fourth-order valence-corrected chi connectivity index (χ4v) is 1.58. The first kappa shape index (κ1) is 13.1. The zero-order valence-corrected chi connectivity index (χ0v) is 9.84. The number of quaternary nitrogens is 1. The van der Waals surface area contributed by atoms with Crippen LogP contribution in [0.15, 0.2) is 18.2 Å². The van der Waals surface area contributed by atoms with Crippen LogP contribution in [0.25, 0.3) is 0 Å². The van der Waals surface area contributed by atoms with E-state index in [-0.39, 0.29) is 17.9 Å². The van der Waals surface area contributed by atoms with Crippen molar-refractivity contribution in [3.8, 4) is 0 Å². The predicted octanol–water partition coefficient (Wildman–Crippen LogP) is -0.526. The Kier molecular flexibility index (Phi) is 4.53. The highest BCUT2D eigenvalue weighted by Crippen LogP contribution is 2.30. The quantitative estimate of drug-likeness (QED) is 0.684. The average Bonchev–Trinajstić information content (AvgIpc) is 1.92. The summed E-state index contributed by atoms with van der Waals surface area (Å²) in [5.41, 5.74) is 4.79. The minimum atomic E-state index is -0.192. The molecule has 0 aliphatic heterocycles. The van der Waals surface area contributed by atoms with Gasteiger partial charge in [0.2, 0.25) is 0 Å². The standard InChI is InChI=1S/C9H11Cl2N.ClH/c1-9(2,12)6-4-3-5-7(10)8(6)11;/h3-5H,12H2,1-2H3;1H. The van der Waals surface area contributed by atoms with Crippen molar-refractivity contribution in [2.24, 2.45) is 0 Å². The Morgan fingerprint density at radius 3 is 2.15 bits per heavy atom. The number of hydrogen-bond donors (Lipinski definition) is 1. The van der Waals surface area contributed by atoms with Crippen molar-refractivity contribution in [1.29, 1.82) is 0 Å². The molecule has 74 valence electrons. The first-order valence-corrected chi connectivity index (χ1v) is 4.48. The van der Waals surface area contributed by atoms with Gasteiger partial charge < -0.3 is 18.1 Å². The number of halogens is 3. The van der Waals surface area contributed by atoms with Crippen molar-refractivity contribution in [3.05, 3.63) is 33.8 Å². The molecular weight excluding hydrogens is 228 g/mol. The lowest BCUT2D eigenvalue weighted by atomic mass is 9.96. The van der Waals surface area contributed by atoms with Gasteiger partial charge in [-0.05, 0) is 19.9 Å². The van der Waals surface area contributed by atoms with Crippen LogP contribution in [0, 0.1) is 0 Å². The maximum atomic E-state index is 6.01. The third-order valence-electron chi connectivity index (χ3n) is 1.68. The van der Waals surface area contributed by atoms with E-state index in [0.29, 0.717) is 10.0 Å². The van der Waals surface area contributed by atoms with Gasteiger partial charge in [-0.25, -0.2) is 0 Å². The smallest absolute Gasteiger partial charge is 0.116 e. The second-order valence-corrected chi connectivity index (χ2v) is 4.27. The average molecular weight is 241 g/mol. The van der Waals surface area contributed by atoms with Crippen LogP contribution in [0.4, 0.5) is 0 Å². The number of hydrogen-bond acceptors (Lipinski definition) is 0. The van der Waals surface area contributed by atoms with E-state index in [9.17, 15) is 0 Å². The van der Waals surface area contributed by atoms with E-state index in [2.05, 4.69) is 5.73 Å². The summed E-state index contributed by atoms with van der Waals surface area (Å²) in [5.74, 6) is 0. The van der Waals surface area contributed by atoms with Crippen LogP contribution < -0.4 is 18.1 Å². The van der Waals surface area contributed by atoms with Crippen LogP contribution in [0.3, 0.4) is 0 Å². The minimum Gasteiger partial charge on any atom is -1.00 e. The lowest BCUT2D eigenvalue weighted by molar-refractivity contribution is -0.475. The van der Waals surface area contributed by atoms with Crippen LogP contribution in [0.2, 0.25) is 10.0 Å². The second-order valence-electron chi connectivity index (χ2n) is 3.49. The van der Waals surface area contributed by atoms with Crippen molar-refractivity contribution in [2.45, 2.75) is 19.4 Å². The molecular formula is C9H12Cl3N. The number of rotatable bonds is 1. The largest absolute Gasteiger partial charge is 1.00 e. The van der Waals surface area contributed by atoms with Crippen LogP contribution in [-0.2, 0) is 5.54 Å². The molecule has 0 aromatic heterocycles. The molecule has 1 aromatic carbocycles. The van der Waals surface area contributed by atoms with Crippen LogP contribution in [0.1, 0.15) is 19.4 Å². The molecule has 0 saturated heterocycles. The normalized spacial score (nSPS) is 10.8. The van der Waals surface area contributed by atoms with E-state index in [4.69, 9.17) is 23.2 Å². The Labute approximate surface area is 94.6 Å². The third-order valence-corrected chi connectivity index (χ3v) is 2.50. The SMILES string of the molecule is CC(C)([NH3+])c1cccc(Cl)c1Cl.[Cl-]. The molecule has 1 rings (SSSR count). The van der Waals surface area contributed by atoms with Gasteiger partial charge in [-0.15, -0.1) is 0 Å². The van der Waals surface area contributed by atoms with E-state index in [1.54, 1.807) is 6.07 Å². The van der Waals surface area contributed by atoms with E-state index in [0.717, 1.165) is 5.56 Å². The molecule has 3 N–H and O–H groups in total. The summed E-state index contributed by atoms with van der Waals surface area (Å²) < 4.78 is 0. The van der Waals surface area contributed by atoms with Crippen LogP contribution in [-0.4, -0.2) is 0 Å². The molecule has 0 radical (unpaired) electrons. The van der Waals surface area contributed by atoms with Gasteiger partial charge in [0.1, 0.15) is 5.54 Å². The molecule has 0 fully saturated rings. The summed E-state index contributed by atoms with van der Waals surface area (Å²) in [5, 5.41) is 1.20. The molecule has 1 aromatic rings. The Morgan fingerprint density at radius 1 is 1.23 bits per heavy atom. The van der Waals surface area contributed by atoms with Gasteiger partial charge in [0.15, 0.2) is 0 Å². The predicted molar refractivity (Wildman–Crippen MR) is 52.4 cm³/mol. The molecule has 0 unspecified atom stereocenters. The highest BCUT2D eigenvalue weighted by atomic mass is 35.5. The van der Waals surface area contributed by atoms with E-state index >= 15 is 0 Å². The molecule has 1 nitrogen and oxygen atoms in total. The summed E-state index contributed by atoms with van der Waals surface area (Å²) in [7, 11) is 0. The third kappa shape index (κ3) is 3.03. The Bertz CT molecular complexity index is 291. The molecule has 0 amide bonds. The Hall–Kier alpha value is 0.0500. The fraction of sp³-hybridized carbons (Fsp3) is 0.333. The Morgan fingerprint density at radius 2 is 1.77 bits per heavy atom. The monoisotopic (exact) mass is 239 g/mol. The summed E-state index contributed by atoms with van der Waals surface area (Å²) in [6.07, 6.45) is 0. The minimum absolute atomic E-state index is 0. The van der Waals surface area contributed by atoms with E-state index in [1.807, 2.05) is 26.0 Å². The molecule has 0 heterocycles. The van der Waals surface area contributed by atoms with Gasteiger partial charge in [-0.1, -0.05) is 35.3 Å². The zero-order chi connectivity index (χ0) is 9.35. The van der Waals surface area contributed by atoms with Gasteiger partial charge in [-0.3, -0.25) is 0 Å². The molecule has 0 spiro atoms. The van der Waals surface area contributed by atoms with E-state index in [1.165, 1.54) is 0 Å². The Balaban J connectivity index is 0.00000144. The van der Waals surface area contributed by atoms with Gasteiger partial charge in [-0.2, -0.15) is 0 Å². The van der Waals surface area contributed by atoms with Crippen molar-refractivity contribution in [1.82, 2.24) is 0 Å². The first-order chi connectivity index (χ1) is 5.43. The molecule has 0 aliphatic rings. The topological polar surface area (TPSA) is 27.6 Å². The lowest BCUT2D eigenvalue weighted by Crippen LogP contribution is -3.00. The van der Waals surface area contributed by atoms with Crippen molar-refractivity contribution >= 4 is 23.2 Å². The van der Waals surface area contributed by atoms with Crippen molar-refractivity contribution < 1.29 is 18.1 Å². The molecule has 0 saturated carbocycles. The molecule has 0 bridgehead atoms. The van der Waals surface area contributed by atoms with Crippen molar-refractivity contribution in [2.75, 3.05) is 0 Å². The fourth-order valence-electron chi connectivity index (χ4n) is 1.03.